The van der Waals surface area contributed by atoms with Crippen LogP contribution in [0, 0.1) is 40.4 Å². The summed E-state index contributed by atoms with van der Waals surface area (Å²) in [5.74, 6) is 1.07. The van der Waals surface area contributed by atoms with Crippen molar-refractivity contribution >= 4 is 11.8 Å². The van der Waals surface area contributed by atoms with Gasteiger partial charge in [0, 0.05) is 6.42 Å². The van der Waals surface area contributed by atoms with Crippen molar-refractivity contribution in [1.29, 1.82) is 0 Å². The molecule has 1 aliphatic heterocycles. The van der Waals surface area contributed by atoms with Crippen molar-refractivity contribution in [2.75, 3.05) is 6.61 Å². The lowest BCUT2D eigenvalue weighted by Gasteiger charge is -2.58. The summed E-state index contributed by atoms with van der Waals surface area (Å²) >= 11 is 0. The van der Waals surface area contributed by atoms with E-state index in [0.29, 0.717) is 23.8 Å². The number of fused-ring (bicyclic) bond motifs is 5. The zero-order valence-electron chi connectivity index (χ0n) is 20.3. The highest BCUT2D eigenvalue weighted by Gasteiger charge is 2.62. The molecule has 33 heavy (non-hydrogen) atoms. The van der Waals surface area contributed by atoms with Crippen molar-refractivity contribution in [3.05, 3.63) is 34.9 Å². The third-order valence-electron chi connectivity index (χ3n) is 10.6. The minimum Gasteiger partial charge on any atom is -0.458 e. The summed E-state index contributed by atoms with van der Waals surface area (Å²) in [4.78, 5) is 25.5. The van der Waals surface area contributed by atoms with Crippen LogP contribution in [0.15, 0.2) is 34.9 Å². The summed E-state index contributed by atoms with van der Waals surface area (Å²) in [6.45, 7) is 8.37. The van der Waals surface area contributed by atoms with Crippen molar-refractivity contribution in [2.24, 2.45) is 40.4 Å². The van der Waals surface area contributed by atoms with Gasteiger partial charge in [0.1, 0.15) is 6.10 Å². The van der Waals surface area contributed by atoms with Crippen LogP contribution in [0.4, 0.5) is 0 Å². The van der Waals surface area contributed by atoms with E-state index < -0.39 is 11.5 Å². The zero-order valence-corrected chi connectivity index (χ0v) is 20.3. The Labute approximate surface area is 197 Å². The molecule has 0 spiro atoms. The van der Waals surface area contributed by atoms with Crippen LogP contribution in [-0.2, 0) is 14.3 Å². The first kappa shape index (κ1) is 23.0. The number of cyclic esters (lactones) is 1. The molecule has 4 aliphatic carbocycles. The molecule has 9 atom stereocenters. The Morgan fingerprint density at radius 1 is 1.18 bits per heavy atom. The summed E-state index contributed by atoms with van der Waals surface area (Å²) in [5, 5.41) is 20.8. The number of carbonyl (C=O) groups is 2. The third-order valence-corrected chi connectivity index (χ3v) is 10.6. The number of esters is 1. The number of ether oxygens (including phenoxy) is 1. The molecule has 0 bridgehead atoms. The highest BCUT2D eigenvalue weighted by molar-refractivity contribution is 5.98. The normalized spacial score (nSPS) is 45.7. The number of carbonyl (C=O) groups excluding carboxylic acids is 2. The van der Waals surface area contributed by atoms with E-state index in [1.807, 2.05) is 19.1 Å². The minimum absolute atomic E-state index is 0.0537. The molecule has 5 rings (SSSR count). The maximum atomic E-state index is 13.1. The molecule has 0 aromatic rings. The number of ketones is 1. The highest BCUT2D eigenvalue weighted by atomic mass is 16.5. The van der Waals surface area contributed by atoms with E-state index in [9.17, 15) is 19.8 Å². The Morgan fingerprint density at radius 2 is 1.94 bits per heavy atom. The topological polar surface area (TPSA) is 83.8 Å². The number of rotatable bonds is 3. The van der Waals surface area contributed by atoms with Crippen molar-refractivity contribution in [3.8, 4) is 0 Å². The molecule has 2 fully saturated rings. The molecule has 0 radical (unpaired) electrons. The Morgan fingerprint density at radius 3 is 2.64 bits per heavy atom. The quantitative estimate of drug-likeness (QED) is 0.495. The van der Waals surface area contributed by atoms with Gasteiger partial charge < -0.3 is 14.9 Å². The van der Waals surface area contributed by atoms with Crippen LogP contribution in [0.3, 0.4) is 0 Å². The number of hydrogen-bond donors (Lipinski definition) is 2. The first-order valence-electron chi connectivity index (χ1n) is 12.7. The van der Waals surface area contributed by atoms with Gasteiger partial charge in [-0.2, -0.15) is 0 Å². The molecule has 2 N–H and O–H groups in total. The monoisotopic (exact) mass is 454 g/mol. The van der Waals surface area contributed by atoms with Crippen molar-refractivity contribution in [3.63, 3.8) is 0 Å². The number of aliphatic hydroxyl groups excluding tert-OH is 2. The van der Waals surface area contributed by atoms with Crippen LogP contribution in [0.5, 0.6) is 0 Å². The maximum absolute atomic E-state index is 13.1. The summed E-state index contributed by atoms with van der Waals surface area (Å²) < 4.78 is 5.82. The van der Waals surface area contributed by atoms with E-state index in [1.165, 1.54) is 0 Å². The average Bonchev–Trinajstić information content (AvgIpc) is 3.12. The lowest BCUT2D eigenvalue weighted by atomic mass is 9.46. The summed E-state index contributed by atoms with van der Waals surface area (Å²) in [6, 6.07) is 0. The predicted octanol–water partition coefficient (Wildman–Crippen LogP) is 4.14. The smallest absolute Gasteiger partial charge is 0.336 e. The highest BCUT2D eigenvalue weighted by Crippen LogP contribution is 2.66. The molecule has 2 saturated carbocycles. The number of allylic oxidation sites excluding steroid dienone is 3. The molecule has 0 aromatic carbocycles. The van der Waals surface area contributed by atoms with E-state index in [0.717, 1.165) is 43.3 Å². The second kappa shape index (κ2) is 7.91. The largest absolute Gasteiger partial charge is 0.458 e. The molecule has 5 nitrogen and oxygen atoms in total. The van der Waals surface area contributed by atoms with Crippen molar-refractivity contribution < 1.29 is 24.5 Å². The predicted molar refractivity (Wildman–Crippen MR) is 125 cm³/mol. The molecule has 5 aliphatic rings. The maximum Gasteiger partial charge on any atom is 0.336 e. The standard InChI is InChI=1S/C28H38O5/c1-15-12-23(33-26(32)18(15)14-29)16(2)19-8-9-20-25-21(10-11-27(19,20)3)28(4)17(13-22(25)30)6-5-7-24(28)31/h5,7,13,16,19-23,25,29-30H,6,8-12,14H2,1-4H3/t16-,19+,20-,21-,22+,23?,25-,27+,28-/m0/s1. The molecule has 0 amide bonds. The molecule has 1 heterocycles. The second-order valence-electron chi connectivity index (χ2n) is 11.8. The fourth-order valence-electron chi connectivity index (χ4n) is 8.67. The van der Waals surface area contributed by atoms with E-state index >= 15 is 0 Å². The lowest BCUT2D eigenvalue weighted by molar-refractivity contribution is -0.153. The molecule has 0 saturated heterocycles. The Bertz CT molecular complexity index is 959. The van der Waals surface area contributed by atoms with Gasteiger partial charge in [-0.1, -0.05) is 37.1 Å². The van der Waals surface area contributed by atoms with Gasteiger partial charge in [-0.3, -0.25) is 4.79 Å². The van der Waals surface area contributed by atoms with Gasteiger partial charge in [0.2, 0.25) is 0 Å². The van der Waals surface area contributed by atoms with Crippen LogP contribution in [0.25, 0.3) is 0 Å². The Balaban J connectivity index is 1.42. The van der Waals surface area contributed by atoms with Crippen molar-refractivity contribution in [2.45, 2.75) is 78.4 Å². The van der Waals surface area contributed by atoms with Gasteiger partial charge in [-0.05, 0) is 87.0 Å². The van der Waals surface area contributed by atoms with E-state index in [2.05, 4.69) is 20.8 Å². The number of hydrogen-bond acceptors (Lipinski definition) is 5. The summed E-state index contributed by atoms with van der Waals surface area (Å²) in [5.41, 5.74) is 2.02. The van der Waals surface area contributed by atoms with Gasteiger partial charge in [0.05, 0.1) is 23.7 Å². The second-order valence-corrected chi connectivity index (χ2v) is 11.8. The van der Waals surface area contributed by atoms with E-state index in [-0.39, 0.29) is 47.6 Å². The van der Waals surface area contributed by atoms with Gasteiger partial charge >= 0.3 is 5.97 Å². The zero-order chi connectivity index (χ0) is 23.7. The molecule has 5 heteroatoms. The molecular weight excluding hydrogens is 416 g/mol. The van der Waals surface area contributed by atoms with Crippen LogP contribution >= 0.6 is 0 Å². The van der Waals surface area contributed by atoms with Crippen LogP contribution in [0.2, 0.25) is 0 Å². The van der Waals surface area contributed by atoms with Gasteiger partial charge in [0.25, 0.3) is 0 Å². The molecule has 1 unspecified atom stereocenters. The minimum atomic E-state index is -0.499. The van der Waals surface area contributed by atoms with Crippen LogP contribution in [0.1, 0.15) is 66.2 Å². The van der Waals surface area contributed by atoms with E-state index in [1.54, 1.807) is 6.08 Å². The first-order valence-corrected chi connectivity index (χ1v) is 12.7. The van der Waals surface area contributed by atoms with Gasteiger partial charge in [-0.25, -0.2) is 4.79 Å². The first-order chi connectivity index (χ1) is 15.6. The van der Waals surface area contributed by atoms with Gasteiger partial charge in [0.15, 0.2) is 5.78 Å². The fourth-order valence-corrected chi connectivity index (χ4v) is 8.67. The third kappa shape index (κ3) is 3.18. The van der Waals surface area contributed by atoms with Gasteiger partial charge in [-0.15, -0.1) is 0 Å². The summed E-state index contributed by atoms with van der Waals surface area (Å²) in [6.07, 6.45) is 10.6. The Kier molecular flexibility index (Phi) is 5.52. The number of aliphatic hydroxyl groups is 2. The van der Waals surface area contributed by atoms with Crippen LogP contribution in [-0.4, -0.2) is 40.8 Å². The van der Waals surface area contributed by atoms with Crippen molar-refractivity contribution in [1.82, 2.24) is 0 Å². The van der Waals surface area contributed by atoms with E-state index in [4.69, 9.17) is 4.74 Å². The lowest BCUT2D eigenvalue weighted by Crippen LogP contribution is -2.56. The molecule has 0 aromatic heterocycles. The molecule has 180 valence electrons. The SMILES string of the molecule is CC1=C(CO)C(=O)OC([C@@H](C)[C@H]2CC[C@H]3[C@@H]4[C@H](O)C=C5CC=CC(=O)[C@]5(C)[C@H]4CC[C@]23C)C1. The summed E-state index contributed by atoms with van der Waals surface area (Å²) in [7, 11) is 0. The fraction of sp³-hybridized carbons (Fsp3) is 0.714. The average molecular weight is 455 g/mol. The van der Waals surface area contributed by atoms with Crippen LogP contribution < -0.4 is 0 Å². The molecular formula is C28H38O5. The Hall–Kier alpha value is -1.72.